The summed E-state index contributed by atoms with van der Waals surface area (Å²) in [6.45, 7) is -0.531. The quantitative estimate of drug-likeness (QED) is 0.494. The number of halogens is 6. The minimum absolute atomic E-state index is 0.343. The molecule has 2 aliphatic heterocycles. The van der Waals surface area contributed by atoms with Crippen LogP contribution >= 0.6 is 23.4 Å². The number of hydrogen-bond donors (Lipinski definition) is 1. The summed E-state index contributed by atoms with van der Waals surface area (Å²) in [5.41, 5.74) is 0.663. The van der Waals surface area contributed by atoms with Gasteiger partial charge in [-0.1, -0.05) is 11.6 Å². The van der Waals surface area contributed by atoms with Gasteiger partial charge >= 0.3 is 5.51 Å². The van der Waals surface area contributed by atoms with Gasteiger partial charge in [-0.3, -0.25) is 0 Å². The lowest BCUT2D eigenvalue weighted by Crippen LogP contribution is -2.07. The second-order valence-corrected chi connectivity index (χ2v) is 5.69. The van der Waals surface area contributed by atoms with Crippen molar-refractivity contribution in [2.75, 3.05) is 12.5 Å². The van der Waals surface area contributed by atoms with Crippen LogP contribution in [0.15, 0.2) is 11.1 Å². The van der Waals surface area contributed by atoms with Gasteiger partial charge in [0.1, 0.15) is 16.5 Å². The molecular weight excluding hydrogens is 369 g/mol. The third kappa shape index (κ3) is 2.63. The number of benzene rings is 1. The third-order valence-electron chi connectivity index (χ3n) is 2.83. The SMILES string of the molecule is Nc1c(SC(F)(F)F)cnn1-c1c(Cl)c2c(F)c(F)c1OCO2. The number of hydrogen-bond acceptors (Lipinski definition) is 5. The zero-order chi connectivity index (χ0) is 16.9. The van der Waals surface area contributed by atoms with Crippen LogP contribution in [0.25, 0.3) is 5.69 Å². The molecule has 0 amide bonds. The summed E-state index contributed by atoms with van der Waals surface area (Å²) < 4.78 is 75.4. The highest BCUT2D eigenvalue weighted by Crippen LogP contribution is 2.47. The average molecular weight is 374 g/mol. The van der Waals surface area contributed by atoms with Crippen molar-refractivity contribution in [3.63, 3.8) is 0 Å². The molecular formula is C11H5ClF5N3O2S. The maximum absolute atomic E-state index is 13.9. The lowest BCUT2D eigenvalue weighted by Gasteiger charge is -2.12. The fourth-order valence-corrected chi connectivity index (χ4v) is 2.77. The molecule has 0 radical (unpaired) electrons. The van der Waals surface area contributed by atoms with Crippen LogP contribution in [0.2, 0.25) is 5.02 Å². The van der Waals surface area contributed by atoms with Gasteiger partial charge < -0.3 is 15.2 Å². The van der Waals surface area contributed by atoms with Crippen LogP contribution in [-0.4, -0.2) is 22.1 Å². The highest BCUT2D eigenvalue weighted by atomic mass is 35.5. The van der Waals surface area contributed by atoms with Gasteiger partial charge in [-0.05, 0) is 11.8 Å². The van der Waals surface area contributed by atoms with Gasteiger partial charge in [0.05, 0.1) is 11.1 Å². The molecule has 0 saturated carbocycles. The minimum atomic E-state index is -4.60. The Morgan fingerprint density at radius 2 is 1.83 bits per heavy atom. The van der Waals surface area contributed by atoms with Gasteiger partial charge in [-0.15, -0.1) is 0 Å². The summed E-state index contributed by atoms with van der Waals surface area (Å²) in [5.74, 6) is -4.54. The summed E-state index contributed by atoms with van der Waals surface area (Å²) in [5, 5.41) is 3.22. The predicted octanol–water partition coefficient (Wildman–Crippen LogP) is 3.73. The van der Waals surface area contributed by atoms with E-state index < -0.39 is 62.9 Å². The number of ether oxygens (including phenoxy) is 2. The Morgan fingerprint density at radius 1 is 1.22 bits per heavy atom. The number of aromatic nitrogens is 2. The fourth-order valence-electron chi connectivity index (χ4n) is 1.93. The van der Waals surface area contributed by atoms with Crippen LogP contribution in [0, 0.1) is 11.6 Å². The zero-order valence-electron chi connectivity index (χ0n) is 10.7. The van der Waals surface area contributed by atoms with Gasteiger partial charge in [0.25, 0.3) is 0 Å². The van der Waals surface area contributed by atoms with Crippen molar-refractivity contribution < 1.29 is 31.4 Å². The first-order valence-electron chi connectivity index (χ1n) is 5.76. The highest BCUT2D eigenvalue weighted by Gasteiger charge is 2.34. The van der Waals surface area contributed by atoms with Crippen molar-refractivity contribution in [2.45, 2.75) is 10.4 Å². The first kappa shape index (κ1) is 16.0. The minimum Gasteiger partial charge on any atom is -0.453 e. The van der Waals surface area contributed by atoms with Crippen LogP contribution < -0.4 is 15.2 Å². The lowest BCUT2D eigenvalue weighted by molar-refractivity contribution is -0.0328. The summed E-state index contributed by atoms with van der Waals surface area (Å²) in [4.78, 5) is -0.425. The normalized spacial score (nSPS) is 13.7. The topological polar surface area (TPSA) is 62.3 Å². The Balaban J connectivity index is 2.18. The summed E-state index contributed by atoms with van der Waals surface area (Å²) in [6, 6.07) is 0. The van der Waals surface area contributed by atoms with E-state index in [0.29, 0.717) is 0 Å². The molecule has 0 saturated heterocycles. The molecule has 1 aromatic carbocycles. The van der Waals surface area contributed by atoms with Gasteiger partial charge in [0.15, 0.2) is 11.5 Å². The second kappa shape index (κ2) is 5.34. The van der Waals surface area contributed by atoms with E-state index >= 15 is 0 Å². The number of fused-ring (bicyclic) bond motifs is 4. The first-order chi connectivity index (χ1) is 10.7. The molecule has 12 heteroatoms. The number of rotatable bonds is 2. The summed E-state index contributed by atoms with van der Waals surface area (Å²) in [6.07, 6.45) is 0.827. The monoisotopic (exact) mass is 373 g/mol. The summed E-state index contributed by atoms with van der Waals surface area (Å²) in [7, 11) is 0. The molecule has 124 valence electrons. The van der Waals surface area contributed by atoms with E-state index in [4.69, 9.17) is 26.8 Å². The molecule has 0 unspecified atom stereocenters. The molecule has 0 spiro atoms. The molecule has 1 aromatic heterocycles. The predicted molar refractivity (Wildman–Crippen MR) is 70.9 cm³/mol. The standard InChI is InChI=1S/C11H5ClF5N3O2S/c12-4-7(9-6(14)5(13)8(4)21-2-22-9)20-10(18)3(1-19-20)23-11(15,16)17/h1H,2,18H2. The Morgan fingerprint density at radius 3 is 2.48 bits per heavy atom. The van der Waals surface area contributed by atoms with Crippen molar-refractivity contribution in [1.82, 2.24) is 9.78 Å². The van der Waals surface area contributed by atoms with Crippen molar-refractivity contribution in [1.29, 1.82) is 0 Å². The van der Waals surface area contributed by atoms with E-state index in [1.165, 1.54) is 0 Å². The van der Waals surface area contributed by atoms with E-state index in [-0.39, 0.29) is 5.69 Å². The summed E-state index contributed by atoms with van der Waals surface area (Å²) >= 11 is 5.42. The first-order valence-corrected chi connectivity index (χ1v) is 6.95. The maximum atomic E-state index is 13.9. The maximum Gasteiger partial charge on any atom is 0.446 e. The highest BCUT2D eigenvalue weighted by molar-refractivity contribution is 8.00. The molecule has 2 aliphatic rings. The number of nitrogens with two attached hydrogens (primary N) is 1. The molecule has 2 bridgehead atoms. The van der Waals surface area contributed by atoms with E-state index in [1.54, 1.807) is 0 Å². The lowest BCUT2D eigenvalue weighted by atomic mass is 10.2. The van der Waals surface area contributed by atoms with Crippen molar-refractivity contribution in [2.24, 2.45) is 0 Å². The van der Waals surface area contributed by atoms with Crippen molar-refractivity contribution in [3.05, 3.63) is 22.9 Å². The van der Waals surface area contributed by atoms with Crippen molar-refractivity contribution in [3.8, 4) is 17.2 Å². The molecule has 0 aliphatic carbocycles. The molecule has 4 rings (SSSR count). The van der Waals surface area contributed by atoms with Crippen molar-refractivity contribution >= 4 is 29.2 Å². The van der Waals surface area contributed by atoms with Gasteiger partial charge in [0, 0.05) is 0 Å². The number of alkyl halides is 3. The molecule has 2 aromatic rings. The van der Waals surface area contributed by atoms with E-state index in [2.05, 4.69) is 5.10 Å². The average Bonchev–Trinajstić information content (AvgIpc) is 2.63. The Labute approximate surface area is 134 Å². The largest absolute Gasteiger partial charge is 0.453 e. The van der Waals surface area contributed by atoms with E-state index in [1.807, 2.05) is 0 Å². The number of nitrogens with zero attached hydrogens (tertiary/aromatic N) is 2. The van der Waals surface area contributed by atoms with Gasteiger partial charge in [-0.25, -0.2) is 4.68 Å². The molecule has 2 N–H and O–H groups in total. The fraction of sp³-hybridized carbons (Fsp3) is 0.182. The van der Waals surface area contributed by atoms with Gasteiger partial charge in [0.2, 0.25) is 18.4 Å². The van der Waals surface area contributed by atoms with Crippen LogP contribution in [0.5, 0.6) is 11.5 Å². The molecule has 23 heavy (non-hydrogen) atoms. The van der Waals surface area contributed by atoms with E-state index in [9.17, 15) is 22.0 Å². The number of anilines is 1. The second-order valence-electron chi connectivity index (χ2n) is 4.21. The van der Waals surface area contributed by atoms with Crippen LogP contribution in [0.3, 0.4) is 0 Å². The third-order valence-corrected chi connectivity index (χ3v) is 3.95. The molecule has 3 heterocycles. The molecule has 5 nitrogen and oxygen atoms in total. The Bertz CT molecular complexity index is 795. The van der Waals surface area contributed by atoms with Crippen LogP contribution in [-0.2, 0) is 0 Å². The number of nitrogen functional groups attached to an aromatic ring is 1. The number of thioether (sulfide) groups is 1. The van der Waals surface area contributed by atoms with Gasteiger partial charge in [-0.2, -0.15) is 27.1 Å². The van der Waals surface area contributed by atoms with Crippen LogP contribution in [0.1, 0.15) is 0 Å². The smallest absolute Gasteiger partial charge is 0.446 e. The van der Waals surface area contributed by atoms with E-state index in [0.717, 1.165) is 10.9 Å². The molecule has 0 fully saturated rings. The van der Waals surface area contributed by atoms with Crippen LogP contribution in [0.4, 0.5) is 27.8 Å². The Hall–Kier alpha value is -1.88. The zero-order valence-corrected chi connectivity index (χ0v) is 12.3. The molecule has 0 atom stereocenters. The Kier molecular flexibility index (Phi) is 3.71.